The smallest absolute Gasteiger partial charge is 0.166 e. The van der Waals surface area contributed by atoms with E-state index >= 15 is 0 Å². The van der Waals surface area contributed by atoms with E-state index in [1.807, 2.05) is 24.7 Å². The van der Waals surface area contributed by atoms with Gasteiger partial charge in [0.15, 0.2) is 17.0 Å². The summed E-state index contributed by atoms with van der Waals surface area (Å²) in [7, 11) is 6.18. The van der Waals surface area contributed by atoms with E-state index in [4.69, 9.17) is 14.2 Å². The minimum absolute atomic E-state index is 0. The molecule has 0 aromatic heterocycles. The first-order valence-corrected chi connectivity index (χ1v) is 11.5. The second-order valence-electron chi connectivity index (χ2n) is 8.51. The molecule has 31 heavy (non-hydrogen) atoms. The van der Waals surface area contributed by atoms with Crippen LogP contribution in [0.2, 0.25) is 0 Å². The molecule has 2 heterocycles. The van der Waals surface area contributed by atoms with Gasteiger partial charge in [0, 0.05) is 64.6 Å². The Balaban J connectivity index is 0.00000272. The molecule has 4 rings (SSSR count). The standard InChI is InChI=1S/C25H30NO3S.Sn/c1-7-9-25-10-8-18-19-12-23(27-5)24(29-16-30-6)13-22(19)28-15-20(18)21(25)11-17(2)14-26(25,3)4;/h7-8,10-15,18H,1,9,16H2,2-6H3;/q+1;. The Labute approximate surface area is 206 Å². The third-order valence-corrected chi connectivity index (χ3v) is 6.69. The molecular weight excluding hydrogens is 513 g/mol. The average Bonchev–Trinajstić information content (AvgIpc) is 2.71. The van der Waals surface area contributed by atoms with Gasteiger partial charge in [0.1, 0.15) is 11.7 Å². The van der Waals surface area contributed by atoms with Gasteiger partial charge in [-0.15, -0.1) is 18.3 Å². The zero-order valence-corrected chi connectivity index (χ0v) is 22.6. The molecule has 162 valence electrons. The average molecular weight is 543 g/mol. The van der Waals surface area contributed by atoms with Gasteiger partial charge < -0.3 is 14.2 Å². The number of allylic oxidation sites excluding steroid dienone is 3. The fourth-order valence-corrected chi connectivity index (χ4v) is 5.18. The van der Waals surface area contributed by atoms with Crippen molar-refractivity contribution in [3.8, 4) is 17.2 Å². The Bertz CT molecular complexity index is 1010. The Hall–Kier alpha value is -1.57. The predicted octanol–water partition coefficient (Wildman–Crippen LogP) is 5.18. The van der Waals surface area contributed by atoms with Crippen molar-refractivity contribution in [2.75, 3.05) is 33.4 Å². The van der Waals surface area contributed by atoms with Crippen molar-refractivity contribution in [3.63, 3.8) is 0 Å². The normalized spacial score (nSPS) is 24.7. The van der Waals surface area contributed by atoms with Crippen LogP contribution in [0.5, 0.6) is 17.2 Å². The van der Waals surface area contributed by atoms with Crippen molar-refractivity contribution in [3.05, 3.63) is 77.8 Å². The number of nitrogens with zero attached hydrogens (tertiary/aromatic N) is 1. The van der Waals surface area contributed by atoms with Crippen molar-refractivity contribution in [1.29, 1.82) is 0 Å². The molecule has 4 nitrogen and oxygen atoms in total. The molecule has 0 amide bonds. The minimum Gasteiger partial charge on any atom is -0.493 e. The van der Waals surface area contributed by atoms with Crippen LogP contribution in [-0.4, -0.2) is 67.3 Å². The van der Waals surface area contributed by atoms with E-state index < -0.39 is 0 Å². The van der Waals surface area contributed by atoms with Crippen LogP contribution in [0.15, 0.2) is 72.2 Å². The number of hydrogen-bond acceptors (Lipinski definition) is 4. The molecule has 1 aromatic carbocycles. The molecule has 0 bridgehead atoms. The third kappa shape index (κ3) is 3.89. The number of likely N-dealkylation sites (N-methyl/N-ethyl adjacent to an activating group) is 1. The number of thioether (sulfide) groups is 1. The van der Waals surface area contributed by atoms with Crippen LogP contribution in [0, 0.1) is 0 Å². The van der Waals surface area contributed by atoms with Crippen molar-refractivity contribution in [1.82, 2.24) is 0 Å². The zero-order chi connectivity index (χ0) is 21.5. The first-order chi connectivity index (χ1) is 14.4. The monoisotopic (exact) mass is 544 g/mol. The molecule has 2 unspecified atom stereocenters. The second-order valence-corrected chi connectivity index (χ2v) is 9.32. The van der Waals surface area contributed by atoms with Crippen molar-refractivity contribution >= 4 is 35.7 Å². The fraction of sp³-hybridized carbons (Fsp3) is 0.360. The number of rotatable bonds is 6. The van der Waals surface area contributed by atoms with E-state index in [0.717, 1.165) is 28.0 Å². The maximum Gasteiger partial charge on any atom is 0.166 e. The van der Waals surface area contributed by atoms with E-state index in [1.54, 1.807) is 18.9 Å². The van der Waals surface area contributed by atoms with E-state index in [9.17, 15) is 0 Å². The van der Waals surface area contributed by atoms with Crippen LogP contribution in [-0.2, 0) is 0 Å². The first kappa shape index (κ1) is 24.1. The van der Waals surface area contributed by atoms with Gasteiger partial charge >= 0.3 is 0 Å². The zero-order valence-electron chi connectivity index (χ0n) is 18.9. The van der Waals surface area contributed by atoms with Crippen molar-refractivity contribution < 1.29 is 18.7 Å². The molecular formula is C25H30NO3SSn+. The predicted molar refractivity (Wildman–Crippen MR) is 130 cm³/mol. The summed E-state index contributed by atoms with van der Waals surface area (Å²) in [6.45, 7) is 6.21. The molecule has 4 radical (unpaired) electrons. The number of benzene rings is 1. The van der Waals surface area contributed by atoms with Crippen molar-refractivity contribution in [2.45, 2.75) is 24.8 Å². The fourth-order valence-electron chi connectivity index (χ4n) is 4.93. The summed E-state index contributed by atoms with van der Waals surface area (Å²) in [5.41, 5.74) is 4.67. The topological polar surface area (TPSA) is 27.7 Å². The van der Waals surface area contributed by atoms with Gasteiger partial charge in [-0.05, 0) is 31.4 Å². The number of fused-ring (bicyclic) bond motifs is 5. The van der Waals surface area contributed by atoms with Gasteiger partial charge in [-0.25, -0.2) is 0 Å². The second kappa shape index (κ2) is 9.12. The van der Waals surface area contributed by atoms with Gasteiger partial charge in [-0.3, -0.25) is 4.48 Å². The van der Waals surface area contributed by atoms with E-state index in [-0.39, 0.29) is 35.4 Å². The van der Waals surface area contributed by atoms with Gasteiger partial charge in [0.25, 0.3) is 0 Å². The maximum absolute atomic E-state index is 6.16. The quantitative estimate of drug-likeness (QED) is 0.214. The minimum atomic E-state index is -0.185. The number of methoxy groups -OCH3 is 1. The Morgan fingerprint density at radius 2 is 2.06 bits per heavy atom. The number of quaternary nitrogens is 1. The molecule has 0 saturated heterocycles. The molecule has 1 aromatic rings. The van der Waals surface area contributed by atoms with E-state index in [0.29, 0.717) is 11.7 Å². The molecule has 6 heteroatoms. The number of ether oxygens (including phenoxy) is 3. The molecule has 3 aliphatic rings. The van der Waals surface area contributed by atoms with Crippen LogP contribution in [0.25, 0.3) is 0 Å². The van der Waals surface area contributed by atoms with Crippen LogP contribution in [0.3, 0.4) is 0 Å². The summed E-state index contributed by atoms with van der Waals surface area (Å²) in [6.07, 6.45) is 16.1. The van der Waals surface area contributed by atoms with Gasteiger partial charge in [-0.2, -0.15) is 0 Å². The molecule has 0 fully saturated rings. The Kier molecular flexibility index (Phi) is 7.08. The Morgan fingerprint density at radius 1 is 1.29 bits per heavy atom. The molecule has 0 spiro atoms. The Morgan fingerprint density at radius 3 is 2.74 bits per heavy atom. The summed E-state index contributed by atoms with van der Waals surface area (Å²) in [5, 5.41) is 0. The third-order valence-electron chi connectivity index (χ3n) is 6.34. The van der Waals surface area contributed by atoms with Gasteiger partial charge in [0.2, 0.25) is 0 Å². The maximum atomic E-state index is 6.16. The summed E-state index contributed by atoms with van der Waals surface area (Å²) >= 11 is 1.62. The van der Waals surface area contributed by atoms with Crippen molar-refractivity contribution in [2.24, 2.45) is 0 Å². The SMILES string of the molecule is C=CCC12C=CC3C(=COc4cc(OCSC)c(OC)cc43)C1=CC(C)=C[N+]2(C)C.[Sn]. The van der Waals surface area contributed by atoms with Crippen LogP contribution < -0.4 is 14.2 Å². The van der Waals surface area contributed by atoms with E-state index in [1.165, 1.54) is 16.7 Å². The summed E-state index contributed by atoms with van der Waals surface area (Å²) < 4.78 is 18.4. The van der Waals surface area contributed by atoms with Crippen LogP contribution in [0.4, 0.5) is 0 Å². The largest absolute Gasteiger partial charge is 0.493 e. The molecule has 1 aliphatic carbocycles. The van der Waals surface area contributed by atoms with Crippen LogP contribution >= 0.6 is 11.8 Å². The van der Waals surface area contributed by atoms with Gasteiger partial charge in [-0.1, -0.05) is 12.2 Å². The van der Waals surface area contributed by atoms with Gasteiger partial charge in [0.05, 0.1) is 33.7 Å². The van der Waals surface area contributed by atoms with E-state index in [2.05, 4.69) is 58.1 Å². The molecule has 0 saturated carbocycles. The number of hydrogen-bond donors (Lipinski definition) is 0. The molecule has 0 N–H and O–H groups in total. The molecule has 2 aliphatic heterocycles. The summed E-state index contributed by atoms with van der Waals surface area (Å²) in [6, 6.07) is 4.00. The summed E-state index contributed by atoms with van der Waals surface area (Å²) in [5.74, 6) is 2.94. The molecule has 2 atom stereocenters. The summed E-state index contributed by atoms with van der Waals surface area (Å²) in [4.78, 5) is 0. The van der Waals surface area contributed by atoms with Crippen LogP contribution in [0.1, 0.15) is 24.8 Å². The first-order valence-electron chi connectivity index (χ1n) is 10.1.